The molecule has 2 saturated heterocycles. The van der Waals surface area contributed by atoms with Crippen LogP contribution in [-0.2, 0) is 15.0 Å². The number of aromatic nitrogens is 2. The lowest BCUT2D eigenvalue weighted by Crippen LogP contribution is -2.52. The molecule has 10 nitrogen and oxygen atoms in total. The summed E-state index contributed by atoms with van der Waals surface area (Å²) in [6.45, 7) is 8.41. The number of fused-ring (bicyclic) bond motifs is 7. The summed E-state index contributed by atoms with van der Waals surface area (Å²) < 4.78 is 18.2. The number of nitrogens with zero attached hydrogens (tertiary/aromatic N) is 4. The minimum absolute atomic E-state index is 0.115. The molecule has 3 aliphatic heterocycles. The fraction of sp³-hybridized carbons (Fsp3) is 0.489. The summed E-state index contributed by atoms with van der Waals surface area (Å²) in [7, 11) is 0. The van der Waals surface area contributed by atoms with Crippen LogP contribution in [0.1, 0.15) is 118 Å². The van der Waals surface area contributed by atoms with Crippen molar-refractivity contribution in [2.75, 3.05) is 37.6 Å². The Morgan fingerprint density at radius 3 is 2.40 bits per heavy atom. The maximum atomic E-state index is 15.1. The molecule has 1 unspecified atom stereocenters. The van der Waals surface area contributed by atoms with Gasteiger partial charge in [0.1, 0.15) is 17.7 Å². The average Bonchev–Trinajstić information content (AvgIpc) is 3.48. The van der Waals surface area contributed by atoms with Gasteiger partial charge in [0.05, 0.1) is 27.6 Å². The first-order valence-corrected chi connectivity index (χ1v) is 21.8. The summed E-state index contributed by atoms with van der Waals surface area (Å²) in [5, 5.41) is 5.41. The normalized spacial score (nSPS) is 23.0. The number of carbonyl (C=O) groups is 3. The van der Waals surface area contributed by atoms with E-state index in [1.807, 2.05) is 26.0 Å². The SMILES string of the molecule is CC.O=C1CCC(NC(=O)c2ccc(N3CCN(CC4CCC(c5ccc6c(c5)-n5c(nc(=O)c7c(Br)cccc75)C65CCCCC5)CC4)CC3)cc2F)C(=O)N1. The van der Waals surface area contributed by atoms with Crippen LogP contribution in [0.2, 0.25) is 0 Å². The van der Waals surface area contributed by atoms with Crippen LogP contribution in [-0.4, -0.2) is 70.9 Å². The standard InChI is InChI=1S/C43H46BrFN6O4.C2H6/c44-32-5-4-6-35-38(32)41(55)48-42-43(17-2-1-3-18-43)31-14-11-28(23-36(31)51(35)42)27-9-7-26(8-10-27)25-49-19-21-50(22-20-49)29-12-13-30(33(45)24-29)39(53)46-34-15-16-37(52)47-40(34)54;1-2/h4-6,11-14,23-24,26-27,34H,1-3,7-10,15-22,25H2,(H,46,53)(H,47,52,54);1-2H3. The van der Waals surface area contributed by atoms with Gasteiger partial charge < -0.3 is 10.2 Å². The molecule has 1 aromatic heterocycles. The fourth-order valence-corrected chi connectivity index (χ4v) is 10.7. The van der Waals surface area contributed by atoms with Crippen molar-refractivity contribution in [3.63, 3.8) is 0 Å². The number of carbonyl (C=O) groups excluding carboxylic acids is 3. The molecule has 12 heteroatoms. The smallest absolute Gasteiger partial charge is 0.281 e. The van der Waals surface area contributed by atoms with Gasteiger partial charge >= 0.3 is 0 Å². The molecule has 2 aliphatic carbocycles. The second-order valence-corrected chi connectivity index (χ2v) is 17.1. The second kappa shape index (κ2) is 16.4. The highest BCUT2D eigenvalue weighted by atomic mass is 79.9. The summed E-state index contributed by atoms with van der Waals surface area (Å²) in [5.74, 6) is -0.161. The topological polar surface area (TPSA) is 117 Å². The van der Waals surface area contributed by atoms with Gasteiger partial charge in [-0.25, -0.2) is 4.39 Å². The number of benzene rings is 3. The molecule has 57 heavy (non-hydrogen) atoms. The number of piperazine rings is 1. The van der Waals surface area contributed by atoms with Crippen LogP contribution >= 0.6 is 15.9 Å². The van der Waals surface area contributed by atoms with Gasteiger partial charge in [-0.1, -0.05) is 51.3 Å². The Morgan fingerprint density at radius 1 is 0.930 bits per heavy atom. The molecule has 3 amide bonds. The first kappa shape index (κ1) is 39.4. The quantitative estimate of drug-likeness (QED) is 0.193. The maximum absolute atomic E-state index is 15.1. The summed E-state index contributed by atoms with van der Waals surface area (Å²) in [6, 6.07) is 16.9. The lowest BCUT2D eigenvalue weighted by atomic mass is 9.69. The molecule has 5 aliphatic rings. The number of hydrogen-bond acceptors (Lipinski definition) is 7. The number of halogens is 2. The predicted molar refractivity (Wildman–Crippen MR) is 224 cm³/mol. The number of rotatable bonds is 6. The molecule has 1 spiro atoms. The number of piperidine rings is 1. The van der Waals surface area contributed by atoms with Crippen LogP contribution in [0.3, 0.4) is 0 Å². The van der Waals surface area contributed by atoms with Crippen molar-refractivity contribution >= 4 is 50.2 Å². The number of anilines is 1. The van der Waals surface area contributed by atoms with Crippen molar-refractivity contribution in [3.05, 3.63) is 97.8 Å². The van der Waals surface area contributed by atoms with E-state index in [9.17, 15) is 19.2 Å². The van der Waals surface area contributed by atoms with Crippen molar-refractivity contribution in [1.82, 2.24) is 25.1 Å². The Labute approximate surface area is 341 Å². The fourth-order valence-electron chi connectivity index (χ4n) is 10.1. The number of imide groups is 1. The summed E-state index contributed by atoms with van der Waals surface area (Å²) >= 11 is 3.64. The van der Waals surface area contributed by atoms with E-state index in [0.29, 0.717) is 17.2 Å². The van der Waals surface area contributed by atoms with Crippen LogP contribution < -0.4 is 21.1 Å². The molecule has 0 bridgehead atoms. The van der Waals surface area contributed by atoms with E-state index in [1.54, 1.807) is 6.07 Å². The molecule has 0 radical (unpaired) electrons. The van der Waals surface area contributed by atoms with E-state index < -0.39 is 23.7 Å². The molecular weight excluding hydrogens is 787 g/mol. The van der Waals surface area contributed by atoms with E-state index >= 15 is 4.39 Å². The minimum Gasteiger partial charge on any atom is -0.369 e. The van der Waals surface area contributed by atoms with Crippen LogP contribution in [0.15, 0.2) is 63.9 Å². The molecule has 4 aromatic rings. The van der Waals surface area contributed by atoms with Crippen molar-refractivity contribution < 1.29 is 18.8 Å². The Morgan fingerprint density at radius 2 is 1.68 bits per heavy atom. The highest BCUT2D eigenvalue weighted by molar-refractivity contribution is 9.10. The van der Waals surface area contributed by atoms with Gasteiger partial charge in [0.2, 0.25) is 11.8 Å². The zero-order valence-electron chi connectivity index (χ0n) is 32.9. The molecule has 4 fully saturated rings. The third-order valence-electron chi connectivity index (χ3n) is 13.1. The molecular formula is C45H52BrFN6O4. The number of nitrogens with one attached hydrogen (secondary N) is 2. The summed E-state index contributed by atoms with van der Waals surface area (Å²) in [6.07, 6.45) is 10.6. The van der Waals surface area contributed by atoms with E-state index in [0.717, 1.165) is 92.7 Å². The number of hydrogen-bond donors (Lipinski definition) is 2. The first-order valence-electron chi connectivity index (χ1n) is 21.0. The molecule has 1 atom stereocenters. The zero-order valence-corrected chi connectivity index (χ0v) is 34.5. The van der Waals surface area contributed by atoms with E-state index in [2.05, 4.69) is 65.2 Å². The average molecular weight is 840 g/mol. The Kier molecular flexibility index (Phi) is 11.4. The first-order chi connectivity index (χ1) is 27.7. The molecule has 2 N–H and O–H groups in total. The molecule has 9 rings (SSSR count). The van der Waals surface area contributed by atoms with E-state index in [4.69, 9.17) is 4.98 Å². The Bertz CT molecular complexity index is 2250. The highest BCUT2D eigenvalue weighted by Gasteiger charge is 2.46. The highest BCUT2D eigenvalue weighted by Crippen LogP contribution is 2.52. The van der Waals surface area contributed by atoms with Gasteiger partial charge in [0.15, 0.2) is 0 Å². The third-order valence-corrected chi connectivity index (χ3v) is 13.8. The van der Waals surface area contributed by atoms with Crippen LogP contribution in [0, 0.1) is 11.7 Å². The molecule has 4 heterocycles. The molecule has 2 saturated carbocycles. The van der Waals surface area contributed by atoms with Crippen LogP contribution in [0.25, 0.3) is 16.6 Å². The molecule has 300 valence electrons. The van der Waals surface area contributed by atoms with Crippen molar-refractivity contribution in [1.29, 1.82) is 0 Å². The lowest BCUT2D eigenvalue weighted by molar-refractivity contribution is -0.134. The van der Waals surface area contributed by atoms with Crippen molar-refractivity contribution in [2.24, 2.45) is 5.92 Å². The Hall–Kier alpha value is -4.42. The number of amides is 3. The van der Waals surface area contributed by atoms with Gasteiger partial charge in [-0.3, -0.25) is 34.0 Å². The molecule has 3 aromatic carbocycles. The summed E-state index contributed by atoms with van der Waals surface area (Å²) in [4.78, 5) is 59.1. The van der Waals surface area contributed by atoms with Gasteiger partial charge in [-0.05, 0) is 120 Å². The monoisotopic (exact) mass is 838 g/mol. The van der Waals surface area contributed by atoms with Gasteiger partial charge in [-0.15, -0.1) is 0 Å². The second-order valence-electron chi connectivity index (χ2n) is 16.3. The van der Waals surface area contributed by atoms with Gasteiger partial charge in [0.25, 0.3) is 11.5 Å². The van der Waals surface area contributed by atoms with Crippen molar-refractivity contribution in [2.45, 2.75) is 102 Å². The van der Waals surface area contributed by atoms with E-state index in [1.165, 1.54) is 48.2 Å². The van der Waals surface area contributed by atoms with Crippen molar-refractivity contribution in [3.8, 4) is 5.69 Å². The minimum atomic E-state index is -0.852. The van der Waals surface area contributed by atoms with Crippen LogP contribution in [0.4, 0.5) is 10.1 Å². The van der Waals surface area contributed by atoms with Crippen LogP contribution in [0.5, 0.6) is 0 Å². The van der Waals surface area contributed by atoms with E-state index in [-0.39, 0.29) is 35.3 Å². The lowest BCUT2D eigenvalue weighted by Gasteiger charge is -2.39. The van der Waals surface area contributed by atoms with Gasteiger partial charge in [0, 0.05) is 49.3 Å². The maximum Gasteiger partial charge on any atom is 0.281 e. The Balaban J connectivity index is 0.00000224. The summed E-state index contributed by atoms with van der Waals surface area (Å²) in [5.41, 5.74) is 5.14. The largest absolute Gasteiger partial charge is 0.369 e. The zero-order chi connectivity index (χ0) is 39.8. The predicted octanol–water partition coefficient (Wildman–Crippen LogP) is 7.51. The van der Waals surface area contributed by atoms with Gasteiger partial charge in [-0.2, -0.15) is 4.98 Å². The third kappa shape index (κ3) is 7.44.